The van der Waals surface area contributed by atoms with Crippen LogP contribution in [0, 0.1) is 5.92 Å². The summed E-state index contributed by atoms with van der Waals surface area (Å²) in [5, 5.41) is 14.7. The second kappa shape index (κ2) is 9.79. The number of aliphatic carboxylic acids is 1. The van der Waals surface area contributed by atoms with E-state index in [1.807, 2.05) is 6.92 Å². The van der Waals surface area contributed by atoms with E-state index < -0.39 is 11.9 Å². The molecule has 0 aromatic heterocycles. The highest BCUT2D eigenvalue weighted by Gasteiger charge is 2.33. The van der Waals surface area contributed by atoms with E-state index in [1.165, 1.54) is 0 Å². The molecule has 0 heterocycles. The lowest BCUT2D eigenvalue weighted by Gasteiger charge is -2.17. The van der Waals surface area contributed by atoms with Crippen LogP contribution in [0.3, 0.4) is 0 Å². The molecule has 1 aliphatic carbocycles. The normalized spacial score (nSPS) is 19.0. The lowest BCUT2D eigenvalue weighted by molar-refractivity contribution is -0.142. The number of rotatable bonds is 9. The maximum absolute atomic E-state index is 12.2. The van der Waals surface area contributed by atoms with Crippen LogP contribution in [-0.2, 0) is 9.59 Å². The molecule has 0 radical (unpaired) electrons. The molecular formula is C19H26N2O5. The van der Waals surface area contributed by atoms with Crippen LogP contribution in [0.5, 0.6) is 5.75 Å². The first kappa shape index (κ1) is 19.8. The molecule has 1 fully saturated rings. The number of hydrogen-bond donors (Lipinski definition) is 3. The van der Waals surface area contributed by atoms with Crippen molar-refractivity contribution in [3.05, 3.63) is 29.8 Å². The predicted octanol–water partition coefficient (Wildman–Crippen LogP) is 1.96. The summed E-state index contributed by atoms with van der Waals surface area (Å²) < 4.78 is 5.43. The molecule has 2 atom stereocenters. The Labute approximate surface area is 153 Å². The molecule has 142 valence electrons. The van der Waals surface area contributed by atoms with Gasteiger partial charge in [-0.3, -0.25) is 14.4 Å². The van der Waals surface area contributed by atoms with Crippen LogP contribution in [0.4, 0.5) is 0 Å². The summed E-state index contributed by atoms with van der Waals surface area (Å²) in [5.41, 5.74) is 0.467. The summed E-state index contributed by atoms with van der Waals surface area (Å²) in [6.07, 6.45) is 2.86. The molecule has 0 aliphatic heterocycles. The number of amides is 2. The van der Waals surface area contributed by atoms with E-state index in [0.29, 0.717) is 43.7 Å². The average molecular weight is 362 g/mol. The van der Waals surface area contributed by atoms with Gasteiger partial charge in [0.2, 0.25) is 5.91 Å². The van der Waals surface area contributed by atoms with Crippen molar-refractivity contribution in [3.63, 3.8) is 0 Å². The third-order valence-electron chi connectivity index (χ3n) is 4.48. The third-order valence-corrected chi connectivity index (χ3v) is 4.48. The Kier molecular flexibility index (Phi) is 7.44. The zero-order valence-electron chi connectivity index (χ0n) is 15.0. The fraction of sp³-hybridized carbons (Fsp3) is 0.526. The lowest BCUT2D eigenvalue weighted by Crippen LogP contribution is -2.40. The van der Waals surface area contributed by atoms with Gasteiger partial charge in [0.05, 0.1) is 18.1 Å². The molecule has 1 saturated carbocycles. The molecule has 7 nitrogen and oxygen atoms in total. The molecular weight excluding hydrogens is 336 g/mol. The van der Waals surface area contributed by atoms with Crippen molar-refractivity contribution < 1.29 is 24.2 Å². The summed E-state index contributed by atoms with van der Waals surface area (Å²) in [7, 11) is 0. The molecule has 1 aliphatic rings. The zero-order chi connectivity index (χ0) is 18.9. The van der Waals surface area contributed by atoms with Crippen molar-refractivity contribution >= 4 is 17.8 Å². The molecule has 0 spiro atoms. The van der Waals surface area contributed by atoms with Gasteiger partial charge in [-0.15, -0.1) is 0 Å². The molecule has 0 unspecified atom stereocenters. The number of benzene rings is 1. The van der Waals surface area contributed by atoms with Crippen LogP contribution >= 0.6 is 0 Å². The van der Waals surface area contributed by atoms with Crippen molar-refractivity contribution in [2.75, 3.05) is 13.2 Å². The van der Waals surface area contributed by atoms with Crippen molar-refractivity contribution in [1.82, 2.24) is 10.6 Å². The van der Waals surface area contributed by atoms with Gasteiger partial charge >= 0.3 is 5.97 Å². The minimum atomic E-state index is -0.854. The fourth-order valence-corrected chi connectivity index (χ4v) is 3.19. The number of hydrogen-bond acceptors (Lipinski definition) is 4. The van der Waals surface area contributed by atoms with E-state index in [1.54, 1.807) is 24.3 Å². The van der Waals surface area contributed by atoms with Gasteiger partial charge in [-0.05, 0) is 38.3 Å². The monoisotopic (exact) mass is 362 g/mol. The standard InChI is InChI=1S/C19H26N2O5/c1-2-26-16-10-4-3-7-14(16)18(23)20-12-6-11-17(22)21-15-9-5-8-13(15)19(24)25/h3-4,7,10,13,15H,2,5-6,8-9,11-12H2,1H3,(H,20,23)(H,21,22)(H,24,25)/t13-,15+/m0/s1. The summed E-state index contributed by atoms with van der Waals surface area (Å²) in [6, 6.07) is 6.73. The predicted molar refractivity (Wildman–Crippen MR) is 96.1 cm³/mol. The Bertz CT molecular complexity index is 647. The first-order chi connectivity index (χ1) is 12.5. The number of carboxylic acid groups (broad SMARTS) is 1. The highest BCUT2D eigenvalue weighted by atomic mass is 16.5. The molecule has 0 saturated heterocycles. The van der Waals surface area contributed by atoms with Crippen LogP contribution in [0.15, 0.2) is 24.3 Å². The quantitative estimate of drug-likeness (QED) is 0.583. The van der Waals surface area contributed by atoms with Gasteiger partial charge in [-0.1, -0.05) is 18.6 Å². The van der Waals surface area contributed by atoms with Crippen LogP contribution in [-0.4, -0.2) is 42.1 Å². The molecule has 2 rings (SSSR count). The van der Waals surface area contributed by atoms with E-state index >= 15 is 0 Å². The maximum atomic E-state index is 12.2. The van der Waals surface area contributed by atoms with Crippen molar-refractivity contribution in [1.29, 1.82) is 0 Å². The number of carbonyl (C=O) groups excluding carboxylic acids is 2. The lowest BCUT2D eigenvalue weighted by atomic mass is 10.0. The highest BCUT2D eigenvalue weighted by Crippen LogP contribution is 2.25. The zero-order valence-corrected chi connectivity index (χ0v) is 15.0. The highest BCUT2D eigenvalue weighted by molar-refractivity contribution is 5.96. The smallest absolute Gasteiger partial charge is 0.308 e. The Morgan fingerprint density at radius 2 is 2.00 bits per heavy atom. The molecule has 1 aromatic carbocycles. The molecule has 26 heavy (non-hydrogen) atoms. The third kappa shape index (κ3) is 5.47. The SMILES string of the molecule is CCOc1ccccc1C(=O)NCCCC(=O)N[C@@H]1CCC[C@@H]1C(=O)O. The van der Waals surface area contributed by atoms with Crippen LogP contribution in [0.2, 0.25) is 0 Å². The van der Waals surface area contributed by atoms with Gasteiger partial charge in [-0.2, -0.15) is 0 Å². The Morgan fingerprint density at radius 3 is 2.73 bits per heavy atom. The Morgan fingerprint density at radius 1 is 1.23 bits per heavy atom. The van der Waals surface area contributed by atoms with Crippen molar-refractivity contribution in [2.45, 2.75) is 45.1 Å². The molecule has 0 bridgehead atoms. The van der Waals surface area contributed by atoms with Crippen LogP contribution in [0.1, 0.15) is 49.4 Å². The fourth-order valence-electron chi connectivity index (χ4n) is 3.19. The van der Waals surface area contributed by atoms with Gasteiger partial charge in [0.25, 0.3) is 5.91 Å². The van der Waals surface area contributed by atoms with Gasteiger partial charge in [0.15, 0.2) is 0 Å². The van der Waals surface area contributed by atoms with E-state index in [0.717, 1.165) is 6.42 Å². The summed E-state index contributed by atoms with van der Waals surface area (Å²) in [5.74, 6) is -1.23. The van der Waals surface area contributed by atoms with Crippen LogP contribution in [0.25, 0.3) is 0 Å². The van der Waals surface area contributed by atoms with E-state index in [2.05, 4.69) is 10.6 Å². The number of ether oxygens (including phenoxy) is 1. The summed E-state index contributed by atoms with van der Waals surface area (Å²) >= 11 is 0. The largest absolute Gasteiger partial charge is 0.493 e. The van der Waals surface area contributed by atoms with E-state index in [9.17, 15) is 14.4 Å². The number of para-hydroxylation sites is 1. The number of carbonyl (C=O) groups is 3. The van der Waals surface area contributed by atoms with Gasteiger partial charge < -0.3 is 20.5 Å². The maximum Gasteiger partial charge on any atom is 0.308 e. The van der Waals surface area contributed by atoms with Gasteiger partial charge in [0.1, 0.15) is 5.75 Å². The van der Waals surface area contributed by atoms with Gasteiger partial charge in [0, 0.05) is 19.0 Å². The molecule has 3 N–H and O–H groups in total. The van der Waals surface area contributed by atoms with E-state index in [4.69, 9.17) is 9.84 Å². The van der Waals surface area contributed by atoms with Gasteiger partial charge in [-0.25, -0.2) is 0 Å². The Balaban J connectivity index is 1.72. The Hall–Kier alpha value is -2.57. The second-order valence-electron chi connectivity index (χ2n) is 6.34. The first-order valence-corrected chi connectivity index (χ1v) is 9.05. The topological polar surface area (TPSA) is 105 Å². The molecule has 7 heteroatoms. The molecule has 1 aromatic rings. The van der Waals surface area contributed by atoms with E-state index in [-0.39, 0.29) is 24.3 Å². The summed E-state index contributed by atoms with van der Waals surface area (Å²) in [6.45, 7) is 2.69. The van der Waals surface area contributed by atoms with Crippen molar-refractivity contribution in [3.8, 4) is 5.75 Å². The summed E-state index contributed by atoms with van der Waals surface area (Å²) in [4.78, 5) is 35.3. The minimum absolute atomic E-state index is 0.174. The minimum Gasteiger partial charge on any atom is -0.493 e. The second-order valence-corrected chi connectivity index (χ2v) is 6.34. The molecule has 2 amide bonds. The number of nitrogens with one attached hydrogen (secondary N) is 2. The average Bonchev–Trinajstić information content (AvgIpc) is 3.07. The first-order valence-electron chi connectivity index (χ1n) is 9.05. The number of carboxylic acids is 1. The van der Waals surface area contributed by atoms with Crippen LogP contribution < -0.4 is 15.4 Å². The van der Waals surface area contributed by atoms with Crippen molar-refractivity contribution in [2.24, 2.45) is 5.92 Å².